The van der Waals surface area contributed by atoms with Crippen LogP contribution in [0.3, 0.4) is 0 Å². The first-order chi connectivity index (χ1) is 7.34. The van der Waals surface area contributed by atoms with Gasteiger partial charge in [0.05, 0.1) is 0 Å². The van der Waals surface area contributed by atoms with E-state index in [2.05, 4.69) is 10.6 Å². The van der Waals surface area contributed by atoms with E-state index < -0.39 is 0 Å². The molecule has 1 amide bonds. The van der Waals surface area contributed by atoms with Gasteiger partial charge in [0, 0.05) is 25.6 Å². The molecule has 2 aliphatic rings. The van der Waals surface area contributed by atoms with E-state index in [1.54, 1.807) is 0 Å². The van der Waals surface area contributed by atoms with E-state index in [0.29, 0.717) is 12.5 Å². The van der Waals surface area contributed by atoms with Crippen molar-refractivity contribution in [1.29, 1.82) is 0 Å². The molecule has 2 fully saturated rings. The standard InChI is InChI=1S/C12H22N2O/c15-12(7-9-13-11-4-5-11)14-8-6-10-2-1-3-10/h10-11,13H,1-9H2,(H,14,15). The van der Waals surface area contributed by atoms with Crippen molar-refractivity contribution in [3.8, 4) is 0 Å². The molecule has 2 N–H and O–H groups in total. The van der Waals surface area contributed by atoms with Crippen LogP contribution in [0, 0.1) is 5.92 Å². The van der Waals surface area contributed by atoms with Crippen LogP contribution in [0.1, 0.15) is 44.9 Å². The van der Waals surface area contributed by atoms with Gasteiger partial charge in [-0.25, -0.2) is 0 Å². The summed E-state index contributed by atoms with van der Waals surface area (Å²) in [6, 6.07) is 0.716. The van der Waals surface area contributed by atoms with E-state index in [1.807, 2.05) is 0 Å². The van der Waals surface area contributed by atoms with Gasteiger partial charge in [0.2, 0.25) is 5.91 Å². The normalized spacial score (nSPS) is 21.1. The average Bonchev–Trinajstić information content (AvgIpc) is 2.93. The molecule has 0 unspecified atom stereocenters. The average molecular weight is 210 g/mol. The second-order valence-corrected chi connectivity index (χ2v) is 4.91. The highest BCUT2D eigenvalue weighted by molar-refractivity contribution is 5.76. The van der Waals surface area contributed by atoms with Gasteiger partial charge in [0.25, 0.3) is 0 Å². The molecule has 3 heteroatoms. The minimum absolute atomic E-state index is 0.211. The van der Waals surface area contributed by atoms with Crippen LogP contribution in [-0.2, 0) is 4.79 Å². The Labute approximate surface area is 92.0 Å². The fourth-order valence-corrected chi connectivity index (χ4v) is 1.96. The molecule has 2 rings (SSSR count). The maximum absolute atomic E-state index is 11.4. The molecular formula is C12H22N2O. The van der Waals surface area contributed by atoms with Crippen molar-refractivity contribution in [1.82, 2.24) is 10.6 Å². The van der Waals surface area contributed by atoms with E-state index in [9.17, 15) is 4.79 Å². The Balaban J connectivity index is 1.41. The Kier molecular flexibility index (Phi) is 4.01. The van der Waals surface area contributed by atoms with E-state index >= 15 is 0 Å². The molecule has 3 nitrogen and oxygen atoms in total. The summed E-state index contributed by atoms with van der Waals surface area (Å²) in [7, 11) is 0. The summed E-state index contributed by atoms with van der Waals surface area (Å²) in [5.41, 5.74) is 0. The van der Waals surface area contributed by atoms with E-state index in [1.165, 1.54) is 38.5 Å². The van der Waals surface area contributed by atoms with Gasteiger partial charge < -0.3 is 10.6 Å². The van der Waals surface area contributed by atoms with Crippen LogP contribution in [-0.4, -0.2) is 25.0 Å². The molecule has 0 saturated heterocycles. The fraction of sp³-hybridized carbons (Fsp3) is 0.917. The zero-order chi connectivity index (χ0) is 10.5. The maximum Gasteiger partial charge on any atom is 0.221 e. The maximum atomic E-state index is 11.4. The molecule has 0 radical (unpaired) electrons. The summed E-state index contributed by atoms with van der Waals surface area (Å²) in [4.78, 5) is 11.4. The van der Waals surface area contributed by atoms with Crippen molar-refractivity contribution in [2.24, 2.45) is 5.92 Å². The smallest absolute Gasteiger partial charge is 0.221 e. The predicted molar refractivity (Wildman–Crippen MR) is 60.6 cm³/mol. The van der Waals surface area contributed by atoms with Crippen molar-refractivity contribution in [3.63, 3.8) is 0 Å². The quantitative estimate of drug-likeness (QED) is 0.667. The minimum Gasteiger partial charge on any atom is -0.356 e. The van der Waals surface area contributed by atoms with Gasteiger partial charge in [-0.2, -0.15) is 0 Å². The number of nitrogens with one attached hydrogen (secondary N) is 2. The lowest BCUT2D eigenvalue weighted by Gasteiger charge is -2.25. The molecule has 86 valence electrons. The van der Waals surface area contributed by atoms with Gasteiger partial charge in [-0.3, -0.25) is 4.79 Å². The largest absolute Gasteiger partial charge is 0.356 e. The van der Waals surface area contributed by atoms with Crippen molar-refractivity contribution >= 4 is 5.91 Å². The third kappa shape index (κ3) is 4.20. The summed E-state index contributed by atoms with van der Waals surface area (Å²) in [5.74, 6) is 1.11. The summed E-state index contributed by atoms with van der Waals surface area (Å²) >= 11 is 0. The van der Waals surface area contributed by atoms with E-state index in [0.717, 1.165) is 19.0 Å². The SMILES string of the molecule is O=C(CCNC1CC1)NCCC1CCC1. The van der Waals surface area contributed by atoms with Crippen LogP contribution in [0.25, 0.3) is 0 Å². The summed E-state index contributed by atoms with van der Waals surface area (Å²) < 4.78 is 0. The van der Waals surface area contributed by atoms with E-state index in [-0.39, 0.29) is 5.91 Å². The minimum atomic E-state index is 0.211. The second kappa shape index (κ2) is 5.50. The summed E-state index contributed by atoms with van der Waals surface area (Å²) in [6.07, 6.45) is 8.55. The third-order valence-electron chi connectivity index (χ3n) is 3.46. The number of carbonyl (C=O) groups is 1. The molecule has 0 bridgehead atoms. The van der Waals surface area contributed by atoms with Crippen molar-refractivity contribution in [2.45, 2.75) is 51.0 Å². The van der Waals surface area contributed by atoms with Gasteiger partial charge in [-0.1, -0.05) is 19.3 Å². The van der Waals surface area contributed by atoms with Gasteiger partial charge in [0.15, 0.2) is 0 Å². The molecule has 0 aromatic rings. The highest BCUT2D eigenvalue weighted by Crippen LogP contribution is 2.28. The first-order valence-electron chi connectivity index (χ1n) is 6.34. The van der Waals surface area contributed by atoms with Crippen LogP contribution in [0.5, 0.6) is 0 Å². The Morgan fingerprint density at radius 3 is 2.53 bits per heavy atom. The molecule has 15 heavy (non-hydrogen) atoms. The predicted octanol–water partition coefficient (Wildman–Crippen LogP) is 1.43. The lowest BCUT2D eigenvalue weighted by atomic mass is 9.83. The number of hydrogen-bond acceptors (Lipinski definition) is 2. The first kappa shape index (κ1) is 10.9. The van der Waals surface area contributed by atoms with E-state index in [4.69, 9.17) is 0 Å². The number of amides is 1. The third-order valence-corrected chi connectivity index (χ3v) is 3.46. The lowest BCUT2D eigenvalue weighted by Crippen LogP contribution is -2.30. The van der Waals surface area contributed by atoms with Gasteiger partial charge in [0.1, 0.15) is 0 Å². The number of carbonyl (C=O) groups excluding carboxylic acids is 1. The topological polar surface area (TPSA) is 41.1 Å². The van der Waals surface area contributed by atoms with Crippen molar-refractivity contribution < 1.29 is 4.79 Å². The number of hydrogen-bond donors (Lipinski definition) is 2. The van der Waals surface area contributed by atoms with Crippen LogP contribution >= 0.6 is 0 Å². The van der Waals surface area contributed by atoms with Crippen molar-refractivity contribution in [3.05, 3.63) is 0 Å². The van der Waals surface area contributed by atoms with Gasteiger partial charge in [-0.15, -0.1) is 0 Å². The van der Waals surface area contributed by atoms with Gasteiger partial charge >= 0.3 is 0 Å². The number of rotatable bonds is 7. The highest BCUT2D eigenvalue weighted by Gasteiger charge is 2.20. The second-order valence-electron chi connectivity index (χ2n) is 4.91. The Hall–Kier alpha value is -0.570. The molecule has 0 spiro atoms. The summed E-state index contributed by atoms with van der Waals surface area (Å²) in [6.45, 7) is 1.73. The summed E-state index contributed by atoms with van der Waals surface area (Å²) in [5, 5.41) is 6.35. The zero-order valence-electron chi connectivity index (χ0n) is 9.43. The Morgan fingerprint density at radius 1 is 1.13 bits per heavy atom. The van der Waals surface area contributed by atoms with Crippen molar-refractivity contribution in [2.75, 3.05) is 13.1 Å². The molecule has 2 aliphatic carbocycles. The first-order valence-corrected chi connectivity index (χ1v) is 6.34. The highest BCUT2D eigenvalue weighted by atomic mass is 16.1. The van der Waals surface area contributed by atoms with Crippen LogP contribution in [0.2, 0.25) is 0 Å². The molecule has 2 saturated carbocycles. The lowest BCUT2D eigenvalue weighted by molar-refractivity contribution is -0.121. The van der Waals surface area contributed by atoms with Crippen LogP contribution < -0.4 is 10.6 Å². The molecule has 0 aromatic heterocycles. The fourth-order valence-electron chi connectivity index (χ4n) is 1.96. The Bertz CT molecular complexity index is 210. The molecule has 0 aromatic carbocycles. The van der Waals surface area contributed by atoms with Crippen LogP contribution in [0.15, 0.2) is 0 Å². The van der Waals surface area contributed by atoms with Gasteiger partial charge in [-0.05, 0) is 25.2 Å². The molecule has 0 aliphatic heterocycles. The van der Waals surface area contributed by atoms with Crippen LogP contribution in [0.4, 0.5) is 0 Å². The monoisotopic (exact) mass is 210 g/mol. The Morgan fingerprint density at radius 2 is 1.93 bits per heavy atom. The molecular weight excluding hydrogens is 188 g/mol. The molecule has 0 atom stereocenters. The zero-order valence-corrected chi connectivity index (χ0v) is 9.43. The molecule has 0 heterocycles.